The number of hydrogen-bond acceptors (Lipinski definition) is 4. The van der Waals surface area contributed by atoms with Crippen molar-refractivity contribution in [3.63, 3.8) is 0 Å². The lowest BCUT2D eigenvalue weighted by molar-refractivity contribution is 0.0138. The van der Waals surface area contributed by atoms with Crippen LogP contribution in [0.2, 0.25) is 0 Å². The molecule has 2 unspecified atom stereocenters. The van der Waals surface area contributed by atoms with E-state index >= 15 is 0 Å². The van der Waals surface area contributed by atoms with E-state index in [2.05, 4.69) is 22.8 Å². The first-order chi connectivity index (χ1) is 9.15. The minimum absolute atomic E-state index is 0.0212. The van der Waals surface area contributed by atoms with Crippen molar-refractivity contribution >= 4 is 0 Å². The number of methoxy groups -OCH3 is 1. The number of nitrogens with one attached hydrogen (secondary N) is 2. The molecule has 1 aliphatic heterocycles. The van der Waals surface area contributed by atoms with Gasteiger partial charge in [0.2, 0.25) is 0 Å². The largest absolute Gasteiger partial charge is 0.388 e. The van der Waals surface area contributed by atoms with Gasteiger partial charge in [-0.2, -0.15) is 0 Å². The number of fused-ring (bicyclic) bond motifs is 1. The average Bonchev–Trinajstić information content (AvgIpc) is 2.83. The predicted molar refractivity (Wildman–Crippen MR) is 76.0 cm³/mol. The van der Waals surface area contributed by atoms with Crippen molar-refractivity contribution in [2.45, 2.75) is 31.5 Å². The fourth-order valence-electron chi connectivity index (χ4n) is 2.64. The normalized spacial score (nSPS) is 21.1. The van der Waals surface area contributed by atoms with Gasteiger partial charge in [0, 0.05) is 20.2 Å². The summed E-state index contributed by atoms with van der Waals surface area (Å²) < 4.78 is 4.98. The van der Waals surface area contributed by atoms with E-state index in [0.29, 0.717) is 13.0 Å². The van der Waals surface area contributed by atoms with E-state index in [9.17, 15) is 5.11 Å². The van der Waals surface area contributed by atoms with Crippen LogP contribution in [0, 0.1) is 0 Å². The standard InChI is InChI=1S/C15H24N2O2/c1-15(18,7-8-16-9-10-19-2)14-13-6-4-3-5-12(13)11-17-14/h3-6,14,16-18H,7-11H2,1-2H3. The molecule has 1 heterocycles. The monoisotopic (exact) mass is 264 g/mol. The van der Waals surface area contributed by atoms with Gasteiger partial charge in [0.25, 0.3) is 0 Å². The van der Waals surface area contributed by atoms with Gasteiger partial charge in [-0.05, 0) is 31.0 Å². The minimum Gasteiger partial charge on any atom is -0.388 e. The van der Waals surface area contributed by atoms with Gasteiger partial charge in [-0.15, -0.1) is 0 Å². The molecule has 2 atom stereocenters. The Kier molecular flexibility index (Phi) is 4.93. The van der Waals surface area contributed by atoms with Crippen molar-refractivity contribution in [3.05, 3.63) is 35.4 Å². The van der Waals surface area contributed by atoms with E-state index in [-0.39, 0.29) is 6.04 Å². The van der Waals surface area contributed by atoms with Gasteiger partial charge in [0.1, 0.15) is 0 Å². The van der Waals surface area contributed by atoms with Crippen LogP contribution < -0.4 is 10.6 Å². The molecule has 0 aliphatic carbocycles. The fourth-order valence-corrected chi connectivity index (χ4v) is 2.64. The molecule has 0 saturated heterocycles. The fraction of sp³-hybridized carbons (Fsp3) is 0.600. The average molecular weight is 264 g/mol. The lowest BCUT2D eigenvalue weighted by Crippen LogP contribution is -2.41. The molecule has 1 aromatic rings. The van der Waals surface area contributed by atoms with Crippen LogP contribution in [-0.2, 0) is 11.3 Å². The third kappa shape index (κ3) is 3.54. The second-order valence-electron chi connectivity index (χ2n) is 5.36. The van der Waals surface area contributed by atoms with Crippen molar-refractivity contribution in [1.82, 2.24) is 10.6 Å². The molecule has 0 bridgehead atoms. The molecule has 4 heteroatoms. The predicted octanol–water partition coefficient (Wildman–Crippen LogP) is 1.21. The third-order valence-corrected chi connectivity index (χ3v) is 3.78. The van der Waals surface area contributed by atoms with E-state index < -0.39 is 5.60 Å². The number of rotatable bonds is 7. The van der Waals surface area contributed by atoms with Crippen molar-refractivity contribution in [2.75, 3.05) is 26.8 Å². The van der Waals surface area contributed by atoms with Gasteiger partial charge in [-0.3, -0.25) is 0 Å². The highest BCUT2D eigenvalue weighted by Crippen LogP contribution is 2.34. The lowest BCUT2D eigenvalue weighted by Gasteiger charge is -2.31. The number of aliphatic hydroxyl groups is 1. The Hall–Kier alpha value is -0.940. The molecule has 0 fully saturated rings. The Labute approximate surface area is 115 Å². The first-order valence-electron chi connectivity index (χ1n) is 6.88. The van der Waals surface area contributed by atoms with Crippen LogP contribution in [0.4, 0.5) is 0 Å². The van der Waals surface area contributed by atoms with E-state index in [1.165, 1.54) is 11.1 Å². The number of hydrogen-bond donors (Lipinski definition) is 3. The van der Waals surface area contributed by atoms with Crippen molar-refractivity contribution < 1.29 is 9.84 Å². The Balaban J connectivity index is 1.90. The zero-order chi connectivity index (χ0) is 13.7. The highest BCUT2D eigenvalue weighted by Gasteiger charge is 2.36. The highest BCUT2D eigenvalue weighted by molar-refractivity contribution is 5.35. The summed E-state index contributed by atoms with van der Waals surface area (Å²) >= 11 is 0. The second kappa shape index (κ2) is 6.48. The van der Waals surface area contributed by atoms with E-state index in [0.717, 1.165) is 19.6 Å². The summed E-state index contributed by atoms with van der Waals surface area (Å²) in [5, 5.41) is 17.4. The summed E-state index contributed by atoms with van der Waals surface area (Å²) in [6, 6.07) is 8.32. The molecular formula is C15H24N2O2. The van der Waals surface area contributed by atoms with E-state index in [1.807, 2.05) is 19.1 Å². The molecular weight excluding hydrogens is 240 g/mol. The van der Waals surface area contributed by atoms with Gasteiger partial charge in [0.05, 0.1) is 18.2 Å². The van der Waals surface area contributed by atoms with Crippen LogP contribution >= 0.6 is 0 Å². The van der Waals surface area contributed by atoms with Gasteiger partial charge in [0.15, 0.2) is 0 Å². The summed E-state index contributed by atoms with van der Waals surface area (Å²) in [4.78, 5) is 0. The zero-order valence-corrected chi connectivity index (χ0v) is 11.8. The molecule has 0 aromatic heterocycles. The summed E-state index contributed by atoms with van der Waals surface area (Å²) in [5.41, 5.74) is 1.77. The molecule has 0 spiro atoms. The van der Waals surface area contributed by atoms with Crippen LogP contribution in [0.1, 0.15) is 30.5 Å². The number of benzene rings is 1. The van der Waals surface area contributed by atoms with Gasteiger partial charge in [-0.1, -0.05) is 24.3 Å². The van der Waals surface area contributed by atoms with Crippen LogP contribution in [0.25, 0.3) is 0 Å². The van der Waals surface area contributed by atoms with Crippen molar-refractivity contribution in [3.8, 4) is 0 Å². The van der Waals surface area contributed by atoms with E-state index in [1.54, 1.807) is 7.11 Å². The van der Waals surface area contributed by atoms with Crippen LogP contribution in [0.5, 0.6) is 0 Å². The minimum atomic E-state index is -0.743. The Morgan fingerprint density at radius 3 is 3.00 bits per heavy atom. The van der Waals surface area contributed by atoms with Crippen LogP contribution in [0.15, 0.2) is 24.3 Å². The first kappa shape index (κ1) is 14.5. The molecule has 0 saturated carbocycles. The topological polar surface area (TPSA) is 53.5 Å². The molecule has 3 N–H and O–H groups in total. The smallest absolute Gasteiger partial charge is 0.0825 e. The summed E-state index contributed by atoms with van der Waals surface area (Å²) in [5.74, 6) is 0. The molecule has 1 aromatic carbocycles. The second-order valence-corrected chi connectivity index (χ2v) is 5.36. The van der Waals surface area contributed by atoms with E-state index in [4.69, 9.17) is 4.74 Å². The highest BCUT2D eigenvalue weighted by atomic mass is 16.5. The summed E-state index contributed by atoms with van der Waals surface area (Å²) in [6.45, 7) is 5.06. The van der Waals surface area contributed by atoms with Crippen molar-refractivity contribution in [1.29, 1.82) is 0 Å². The maximum absolute atomic E-state index is 10.7. The quantitative estimate of drug-likeness (QED) is 0.648. The first-order valence-corrected chi connectivity index (χ1v) is 6.88. The zero-order valence-electron chi connectivity index (χ0n) is 11.8. The Bertz CT molecular complexity index is 407. The lowest BCUT2D eigenvalue weighted by atomic mass is 9.88. The number of ether oxygens (including phenoxy) is 1. The van der Waals surface area contributed by atoms with Gasteiger partial charge < -0.3 is 20.5 Å². The summed E-state index contributed by atoms with van der Waals surface area (Å²) in [7, 11) is 1.69. The SMILES string of the molecule is COCCNCCC(C)(O)C1NCc2ccccc21. The maximum atomic E-state index is 10.7. The Morgan fingerprint density at radius 2 is 2.21 bits per heavy atom. The molecule has 19 heavy (non-hydrogen) atoms. The van der Waals surface area contributed by atoms with Gasteiger partial charge in [-0.25, -0.2) is 0 Å². The molecule has 4 nitrogen and oxygen atoms in total. The van der Waals surface area contributed by atoms with Crippen molar-refractivity contribution in [2.24, 2.45) is 0 Å². The molecule has 106 valence electrons. The van der Waals surface area contributed by atoms with Gasteiger partial charge >= 0.3 is 0 Å². The maximum Gasteiger partial charge on any atom is 0.0825 e. The molecule has 0 amide bonds. The van der Waals surface area contributed by atoms with Crippen LogP contribution in [0.3, 0.4) is 0 Å². The summed E-state index contributed by atoms with van der Waals surface area (Å²) in [6.07, 6.45) is 0.711. The molecule has 1 aliphatic rings. The Morgan fingerprint density at radius 1 is 1.42 bits per heavy atom. The molecule has 2 rings (SSSR count). The van der Waals surface area contributed by atoms with Crippen LogP contribution in [-0.4, -0.2) is 37.5 Å². The third-order valence-electron chi connectivity index (χ3n) is 3.78. The molecule has 0 radical (unpaired) electrons.